The minimum Gasteiger partial charge on any atom is -0.460 e. The lowest BCUT2D eigenvalue weighted by Crippen LogP contribution is -2.22. The Hall–Kier alpha value is -1.62. The van der Waals surface area contributed by atoms with Gasteiger partial charge in [0.2, 0.25) is 0 Å². The van der Waals surface area contributed by atoms with Crippen molar-refractivity contribution in [1.29, 1.82) is 0 Å². The average molecular weight is 222 g/mol. The van der Waals surface area contributed by atoms with E-state index in [1.165, 1.54) is 0 Å². The first-order valence-electron chi connectivity index (χ1n) is 4.38. The van der Waals surface area contributed by atoms with Gasteiger partial charge in [0.25, 0.3) is 0 Å². The number of aryl methyl sites for hydroxylation is 1. The maximum absolute atomic E-state index is 10.6. The summed E-state index contributed by atoms with van der Waals surface area (Å²) in [6, 6.07) is 7.11. The number of nitrogens with two attached hydrogens (primary N) is 1. The van der Waals surface area contributed by atoms with E-state index in [0.717, 1.165) is 33.6 Å². The Morgan fingerprint density at radius 1 is 1.53 bits per heavy atom. The molecule has 1 heterocycles. The molecule has 2 amide bonds. The van der Waals surface area contributed by atoms with E-state index in [1.54, 1.807) is 0 Å². The normalized spacial score (nSPS) is 10.5. The highest BCUT2D eigenvalue weighted by atomic mass is 32.2. The number of carbonyl (C=O) groups excluding carboxylic acids is 1. The lowest BCUT2D eigenvalue weighted by atomic mass is 10.2. The molecule has 0 saturated carbocycles. The van der Waals surface area contributed by atoms with Crippen LogP contribution in [0.4, 0.5) is 4.79 Å². The van der Waals surface area contributed by atoms with Gasteiger partial charge in [-0.25, -0.2) is 4.79 Å². The molecule has 0 aliphatic rings. The number of carbonyl (C=O) groups is 1. The highest BCUT2D eigenvalue weighted by Crippen LogP contribution is 2.28. The first-order chi connectivity index (χ1) is 7.16. The molecule has 2 rings (SSSR count). The van der Waals surface area contributed by atoms with E-state index >= 15 is 0 Å². The van der Waals surface area contributed by atoms with Crippen molar-refractivity contribution in [2.75, 3.05) is 0 Å². The van der Waals surface area contributed by atoms with E-state index in [-0.39, 0.29) is 0 Å². The molecule has 0 atom stereocenters. The average Bonchev–Trinajstić information content (AvgIpc) is 2.55. The van der Waals surface area contributed by atoms with Gasteiger partial charge >= 0.3 is 6.03 Å². The fourth-order valence-electron chi connectivity index (χ4n) is 1.35. The van der Waals surface area contributed by atoms with Crippen LogP contribution in [0.3, 0.4) is 0 Å². The van der Waals surface area contributed by atoms with Gasteiger partial charge in [0, 0.05) is 5.39 Å². The van der Waals surface area contributed by atoms with Crippen LogP contribution in [0.5, 0.6) is 0 Å². The fraction of sp³-hybridized carbons (Fsp3) is 0.100. The molecule has 78 valence electrons. The van der Waals surface area contributed by atoms with E-state index in [2.05, 4.69) is 4.72 Å². The van der Waals surface area contributed by atoms with Crippen molar-refractivity contribution in [2.45, 2.75) is 11.8 Å². The summed E-state index contributed by atoms with van der Waals surface area (Å²) in [5, 5.41) is 1.02. The van der Waals surface area contributed by atoms with Gasteiger partial charge in [0.05, 0.1) is 4.90 Å². The van der Waals surface area contributed by atoms with Crippen molar-refractivity contribution in [3.63, 3.8) is 0 Å². The van der Waals surface area contributed by atoms with Crippen LogP contribution in [0.1, 0.15) is 5.76 Å². The third kappa shape index (κ3) is 2.07. The third-order valence-electron chi connectivity index (χ3n) is 1.89. The largest absolute Gasteiger partial charge is 0.460 e. The third-order valence-corrected chi connectivity index (χ3v) is 2.74. The molecule has 15 heavy (non-hydrogen) atoms. The zero-order valence-corrected chi connectivity index (χ0v) is 8.93. The van der Waals surface area contributed by atoms with Gasteiger partial charge in [-0.05, 0) is 31.0 Å². The number of hydrogen-bond donors (Lipinski definition) is 2. The molecule has 0 bridgehead atoms. The number of rotatable bonds is 2. The van der Waals surface area contributed by atoms with Gasteiger partial charge in [-0.2, -0.15) is 0 Å². The van der Waals surface area contributed by atoms with Crippen molar-refractivity contribution in [2.24, 2.45) is 5.73 Å². The summed E-state index contributed by atoms with van der Waals surface area (Å²) in [7, 11) is 0. The summed E-state index contributed by atoms with van der Waals surface area (Å²) in [6.45, 7) is 1.88. The molecule has 0 aliphatic heterocycles. The molecule has 3 N–H and O–H groups in total. The van der Waals surface area contributed by atoms with Crippen LogP contribution < -0.4 is 10.5 Å². The quantitative estimate of drug-likeness (QED) is 0.767. The fourth-order valence-corrected chi connectivity index (χ4v) is 1.96. The molecule has 1 aromatic carbocycles. The Morgan fingerprint density at radius 3 is 3.07 bits per heavy atom. The molecule has 2 aromatic rings. The number of amides is 2. The Labute approximate surface area is 90.9 Å². The second-order valence-corrected chi connectivity index (χ2v) is 3.95. The number of primary amides is 1. The molecular weight excluding hydrogens is 212 g/mol. The molecule has 0 spiro atoms. The minimum absolute atomic E-state index is 0.569. The lowest BCUT2D eigenvalue weighted by Gasteiger charge is -2.00. The first kappa shape index (κ1) is 9.92. The second-order valence-electron chi connectivity index (χ2n) is 3.10. The van der Waals surface area contributed by atoms with Gasteiger partial charge in [-0.15, -0.1) is 0 Å². The van der Waals surface area contributed by atoms with Crippen LogP contribution in [0.25, 0.3) is 11.0 Å². The summed E-state index contributed by atoms with van der Waals surface area (Å²) in [5.41, 5.74) is 5.76. The number of furan rings is 1. The lowest BCUT2D eigenvalue weighted by molar-refractivity contribution is 0.254. The van der Waals surface area contributed by atoms with Crippen LogP contribution in [-0.4, -0.2) is 6.03 Å². The van der Waals surface area contributed by atoms with Gasteiger partial charge in [-0.3, -0.25) is 4.72 Å². The van der Waals surface area contributed by atoms with Crippen molar-refractivity contribution in [1.82, 2.24) is 4.72 Å². The summed E-state index contributed by atoms with van der Waals surface area (Å²) in [6.07, 6.45) is 0. The van der Waals surface area contributed by atoms with Gasteiger partial charge in [0.1, 0.15) is 11.3 Å². The van der Waals surface area contributed by atoms with Crippen molar-refractivity contribution in [3.8, 4) is 0 Å². The Morgan fingerprint density at radius 2 is 2.33 bits per heavy atom. The van der Waals surface area contributed by atoms with Gasteiger partial charge in [-0.1, -0.05) is 12.1 Å². The Kier molecular flexibility index (Phi) is 2.55. The van der Waals surface area contributed by atoms with E-state index in [4.69, 9.17) is 10.2 Å². The van der Waals surface area contributed by atoms with E-state index in [0.29, 0.717) is 0 Å². The van der Waals surface area contributed by atoms with Crippen molar-refractivity contribution >= 4 is 28.9 Å². The zero-order chi connectivity index (χ0) is 10.8. The molecule has 0 saturated heterocycles. The van der Waals surface area contributed by atoms with Crippen LogP contribution in [0.2, 0.25) is 0 Å². The second kappa shape index (κ2) is 3.86. The highest BCUT2D eigenvalue weighted by Gasteiger charge is 2.07. The smallest absolute Gasteiger partial charge is 0.322 e. The standard InChI is InChI=1S/C10H10N2O2S/c1-6-5-7-3-2-4-8(9(7)14-6)15-12-10(11)13/h2-5H,1H3,(H3,11,12,13). The van der Waals surface area contributed by atoms with Crippen molar-refractivity contribution in [3.05, 3.63) is 30.0 Å². The number of hydrogen-bond acceptors (Lipinski definition) is 3. The minimum atomic E-state index is -0.569. The molecule has 0 unspecified atom stereocenters. The van der Waals surface area contributed by atoms with E-state index < -0.39 is 6.03 Å². The summed E-state index contributed by atoms with van der Waals surface area (Å²) in [4.78, 5) is 11.4. The van der Waals surface area contributed by atoms with E-state index in [9.17, 15) is 4.79 Å². The number of nitrogens with one attached hydrogen (secondary N) is 1. The molecular formula is C10H10N2O2S. The Bertz CT molecular complexity index is 507. The predicted octanol–water partition coefficient (Wildman–Crippen LogP) is 2.42. The highest BCUT2D eigenvalue weighted by molar-refractivity contribution is 7.98. The number of benzene rings is 1. The van der Waals surface area contributed by atoms with Gasteiger partial charge < -0.3 is 10.2 Å². The number of urea groups is 1. The molecule has 0 fully saturated rings. The van der Waals surface area contributed by atoms with Crippen LogP contribution in [0.15, 0.2) is 33.6 Å². The first-order valence-corrected chi connectivity index (χ1v) is 5.20. The zero-order valence-electron chi connectivity index (χ0n) is 8.11. The van der Waals surface area contributed by atoms with Crippen LogP contribution in [-0.2, 0) is 0 Å². The summed E-state index contributed by atoms with van der Waals surface area (Å²) in [5.74, 6) is 0.845. The maximum Gasteiger partial charge on any atom is 0.322 e. The number of para-hydroxylation sites is 1. The monoisotopic (exact) mass is 222 g/mol. The Balaban J connectivity index is 2.37. The molecule has 5 heteroatoms. The predicted molar refractivity (Wildman–Crippen MR) is 59.5 cm³/mol. The van der Waals surface area contributed by atoms with Crippen molar-refractivity contribution < 1.29 is 9.21 Å². The summed E-state index contributed by atoms with van der Waals surface area (Å²) >= 11 is 1.15. The number of fused-ring (bicyclic) bond motifs is 1. The summed E-state index contributed by atoms with van der Waals surface area (Å²) < 4.78 is 7.98. The van der Waals surface area contributed by atoms with Crippen LogP contribution in [0, 0.1) is 6.92 Å². The molecule has 0 radical (unpaired) electrons. The van der Waals surface area contributed by atoms with E-state index in [1.807, 2.05) is 31.2 Å². The van der Waals surface area contributed by atoms with Crippen LogP contribution >= 0.6 is 11.9 Å². The topological polar surface area (TPSA) is 68.3 Å². The molecule has 1 aromatic heterocycles. The van der Waals surface area contributed by atoms with Gasteiger partial charge in [0.15, 0.2) is 0 Å². The maximum atomic E-state index is 10.6. The molecule has 0 aliphatic carbocycles. The molecule has 4 nitrogen and oxygen atoms in total. The SMILES string of the molecule is Cc1cc2cccc(SNC(N)=O)c2o1.